The number of allylic oxidation sites excluding steroid dienone is 12. The van der Waals surface area contributed by atoms with E-state index in [2.05, 4.69) is 93.7 Å². The standard InChI is InChI=1S/C53H90O6/c1-4-7-10-13-16-19-22-25-26-29-31-34-37-40-43-46-52(55)58-49-50(59-53(56)47-44-41-38-35-32-28-24-21-18-15-12-9-6-3)48-57-51(54)45-42-39-36-33-30-27-23-20-17-14-11-8-5-2/h9,12,15-16,18-19,21-22,24-25,27,30,50H,4-8,10-11,13-14,17,20,23,26,28-29,31-49H2,1-3H3/b12-9-,18-15-,19-16-,24-21-,25-22-,30-27-. The van der Waals surface area contributed by atoms with E-state index in [1.54, 1.807) is 0 Å². The minimum absolute atomic E-state index is 0.0953. The van der Waals surface area contributed by atoms with E-state index in [1.165, 1.54) is 83.5 Å². The lowest BCUT2D eigenvalue weighted by Crippen LogP contribution is -2.30. The molecule has 6 heteroatoms. The Hall–Kier alpha value is -3.15. The number of esters is 3. The number of carbonyl (C=O) groups excluding carboxylic acids is 3. The summed E-state index contributed by atoms with van der Waals surface area (Å²) in [6.45, 7) is 6.42. The van der Waals surface area contributed by atoms with Crippen LogP contribution < -0.4 is 0 Å². The maximum atomic E-state index is 12.7. The molecule has 0 saturated heterocycles. The topological polar surface area (TPSA) is 78.9 Å². The van der Waals surface area contributed by atoms with Crippen LogP contribution in [0.4, 0.5) is 0 Å². The Morgan fingerprint density at radius 2 is 0.678 bits per heavy atom. The molecule has 0 aromatic rings. The lowest BCUT2D eigenvalue weighted by Gasteiger charge is -2.18. The highest BCUT2D eigenvalue weighted by atomic mass is 16.6. The Morgan fingerprint density at radius 3 is 1.14 bits per heavy atom. The van der Waals surface area contributed by atoms with Crippen molar-refractivity contribution in [2.45, 2.75) is 232 Å². The van der Waals surface area contributed by atoms with Crippen molar-refractivity contribution in [2.24, 2.45) is 0 Å². The fraction of sp³-hybridized carbons (Fsp3) is 0.717. The second-order valence-electron chi connectivity index (χ2n) is 16.1. The summed E-state index contributed by atoms with van der Waals surface area (Å²) in [6, 6.07) is 0. The summed E-state index contributed by atoms with van der Waals surface area (Å²) in [7, 11) is 0. The number of carbonyl (C=O) groups is 3. The first-order valence-electron chi connectivity index (χ1n) is 24.5. The smallest absolute Gasteiger partial charge is 0.306 e. The molecule has 0 spiro atoms. The van der Waals surface area contributed by atoms with Crippen LogP contribution in [0.25, 0.3) is 0 Å². The minimum atomic E-state index is -0.795. The van der Waals surface area contributed by atoms with Crippen molar-refractivity contribution in [3.05, 3.63) is 72.9 Å². The molecule has 0 aromatic heterocycles. The molecule has 0 amide bonds. The molecule has 0 rings (SSSR count). The van der Waals surface area contributed by atoms with E-state index in [4.69, 9.17) is 14.2 Å². The van der Waals surface area contributed by atoms with Crippen LogP contribution in [0.5, 0.6) is 0 Å². The summed E-state index contributed by atoms with van der Waals surface area (Å²) in [5.74, 6) is -0.945. The average molecular weight is 823 g/mol. The van der Waals surface area contributed by atoms with Crippen LogP contribution in [-0.2, 0) is 28.6 Å². The molecular formula is C53H90O6. The summed E-state index contributed by atoms with van der Waals surface area (Å²) in [4.78, 5) is 37.9. The van der Waals surface area contributed by atoms with Gasteiger partial charge in [0, 0.05) is 19.3 Å². The molecule has 6 nitrogen and oxygen atoms in total. The van der Waals surface area contributed by atoms with Gasteiger partial charge in [0.2, 0.25) is 0 Å². The largest absolute Gasteiger partial charge is 0.462 e. The van der Waals surface area contributed by atoms with Gasteiger partial charge in [-0.1, -0.05) is 190 Å². The van der Waals surface area contributed by atoms with Crippen LogP contribution in [0.15, 0.2) is 72.9 Å². The van der Waals surface area contributed by atoms with E-state index in [0.29, 0.717) is 19.3 Å². The third-order valence-electron chi connectivity index (χ3n) is 10.3. The maximum Gasteiger partial charge on any atom is 0.306 e. The summed E-state index contributed by atoms with van der Waals surface area (Å²) < 4.78 is 16.7. The zero-order valence-electron chi connectivity index (χ0n) is 38.5. The predicted molar refractivity (Wildman–Crippen MR) is 251 cm³/mol. The first kappa shape index (κ1) is 55.9. The van der Waals surface area contributed by atoms with E-state index >= 15 is 0 Å². The summed E-state index contributed by atoms with van der Waals surface area (Å²) >= 11 is 0. The van der Waals surface area contributed by atoms with E-state index in [0.717, 1.165) is 103 Å². The molecule has 0 bridgehead atoms. The van der Waals surface area contributed by atoms with E-state index in [-0.39, 0.29) is 31.1 Å². The van der Waals surface area contributed by atoms with Gasteiger partial charge < -0.3 is 14.2 Å². The Balaban J connectivity index is 4.45. The van der Waals surface area contributed by atoms with Gasteiger partial charge in [-0.15, -0.1) is 0 Å². The molecule has 0 aliphatic rings. The lowest BCUT2D eigenvalue weighted by atomic mass is 10.1. The molecule has 1 atom stereocenters. The van der Waals surface area contributed by atoms with Crippen molar-refractivity contribution in [2.75, 3.05) is 13.2 Å². The van der Waals surface area contributed by atoms with Crippen LogP contribution in [0.2, 0.25) is 0 Å². The normalized spacial score (nSPS) is 12.7. The van der Waals surface area contributed by atoms with Gasteiger partial charge in [0.05, 0.1) is 0 Å². The Morgan fingerprint density at radius 1 is 0.356 bits per heavy atom. The zero-order chi connectivity index (χ0) is 43.0. The van der Waals surface area contributed by atoms with Crippen molar-refractivity contribution in [1.29, 1.82) is 0 Å². The van der Waals surface area contributed by atoms with Crippen LogP contribution >= 0.6 is 0 Å². The van der Waals surface area contributed by atoms with Gasteiger partial charge in [-0.2, -0.15) is 0 Å². The molecule has 59 heavy (non-hydrogen) atoms. The van der Waals surface area contributed by atoms with Gasteiger partial charge in [0.15, 0.2) is 6.10 Å². The van der Waals surface area contributed by atoms with Gasteiger partial charge in [0.1, 0.15) is 13.2 Å². The number of hydrogen-bond donors (Lipinski definition) is 0. The van der Waals surface area contributed by atoms with Gasteiger partial charge in [-0.3, -0.25) is 14.4 Å². The minimum Gasteiger partial charge on any atom is -0.462 e. The molecule has 0 heterocycles. The van der Waals surface area contributed by atoms with Crippen molar-refractivity contribution < 1.29 is 28.6 Å². The molecule has 0 saturated carbocycles. The number of hydrogen-bond acceptors (Lipinski definition) is 6. The molecule has 0 N–H and O–H groups in total. The van der Waals surface area contributed by atoms with Crippen molar-refractivity contribution in [3.63, 3.8) is 0 Å². The monoisotopic (exact) mass is 823 g/mol. The highest BCUT2D eigenvalue weighted by molar-refractivity contribution is 5.71. The highest BCUT2D eigenvalue weighted by Gasteiger charge is 2.19. The van der Waals surface area contributed by atoms with E-state index < -0.39 is 6.10 Å². The number of unbranched alkanes of at least 4 members (excludes halogenated alkanes) is 23. The Bertz CT molecular complexity index is 1130. The van der Waals surface area contributed by atoms with Crippen LogP contribution in [0.1, 0.15) is 226 Å². The third kappa shape index (κ3) is 45.8. The SMILES string of the molecule is CC\C=C/C=C\C=C/CCCCCCCC(=O)OC(COC(=O)CCCCC/C=C\CCCCCCCC)COC(=O)CCCCCCCC/C=C\C=C/CCCCC. The molecular weight excluding hydrogens is 733 g/mol. The predicted octanol–water partition coefficient (Wildman–Crippen LogP) is 15.9. The maximum absolute atomic E-state index is 12.7. The molecule has 1 unspecified atom stereocenters. The van der Waals surface area contributed by atoms with E-state index in [9.17, 15) is 14.4 Å². The van der Waals surface area contributed by atoms with Crippen LogP contribution in [0.3, 0.4) is 0 Å². The Kier molecular flexibility index (Phi) is 45.0. The van der Waals surface area contributed by atoms with Crippen molar-refractivity contribution in [1.82, 2.24) is 0 Å². The van der Waals surface area contributed by atoms with Crippen molar-refractivity contribution in [3.8, 4) is 0 Å². The lowest BCUT2D eigenvalue weighted by molar-refractivity contribution is -0.167. The molecule has 0 radical (unpaired) electrons. The Labute approximate surface area is 363 Å². The fourth-order valence-corrected chi connectivity index (χ4v) is 6.54. The summed E-state index contributed by atoms with van der Waals surface area (Å²) in [6.07, 6.45) is 58.8. The van der Waals surface area contributed by atoms with Gasteiger partial charge >= 0.3 is 17.9 Å². The second-order valence-corrected chi connectivity index (χ2v) is 16.1. The zero-order valence-corrected chi connectivity index (χ0v) is 38.5. The third-order valence-corrected chi connectivity index (χ3v) is 10.3. The summed E-state index contributed by atoms with van der Waals surface area (Å²) in [5.41, 5.74) is 0. The van der Waals surface area contributed by atoms with Crippen LogP contribution in [-0.4, -0.2) is 37.2 Å². The molecule has 338 valence electrons. The first-order chi connectivity index (χ1) is 29.0. The van der Waals surface area contributed by atoms with Gasteiger partial charge in [-0.25, -0.2) is 0 Å². The van der Waals surface area contributed by atoms with E-state index in [1.807, 2.05) is 0 Å². The summed E-state index contributed by atoms with van der Waals surface area (Å²) in [5, 5.41) is 0. The fourth-order valence-electron chi connectivity index (χ4n) is 6.54. The van der Waals surface area contributed by atoms with Crippen molar-refractivity contribution >= 4 is 17.9 Å². The van der Waals surface area contributed by atoms with Gasteiger partial charge in [-0.05, 0) is 89.9 Å². The quantitative estimate of drug-likeness (QED) is 0.0200. The van der Waals surface area contributed by atoms with Gasteiger partial charge in [0.25, 0.3) is 0 Å². The number of ether oxygens (including phenoxy) is 3. The van der Waals surface area contributed by atoms with Crippen LogP contribution in [0, 0.1) is 0 Å². The molecule has 0 aliphatic carbocycles. The first-order valence-corrected chi connectivity index (χ1v) is 24.5. The molecule has 0 aromatic carbocycles. The molecule has 0 aliphatic heterocycles. The second kappa shape index (κ2) is 47.5. The highest BCUT2D eigenvalue weighted by Crippen LogP contribution is 2.13. The molecule has 0 fully saturated rings. The average Bonchev–Trinajstić information content (AvgIpc) is 3.23. The number of rotatable bonds is 43.